The van der Waals surface area contributed by atoms with Gasteiger partial charge >= 0.3 is 0 Å². The first kappa shape index (κ1) is 7.87. The first-order valence-corrected chi connectivity index (χ1v) is 3.14. The first-order chi connectivity index (χ1) is 5.24. The van der Waals surface area contributed by atoms with Crippen molar-refractivity contribution in [1.29, 1.82) is 0 Å². The molecule has 0 fully saturated rings. The van der Waals surface area contributed by atoms with Crippen molar-refractivity contribution >= 4 is 5.91 Å². The average Bonchev–Trinajstić information content (AvgIpc) is 2.37. The molecular formula is C6H8N3O2. The fourth-order valence-electron chi connectivity index (χ4n) is 0.691. The highest BCUT2D eigenvalue weighted by Gasteiger charge is 2.18. The van der Waals surface area contributed by atoms with Gasteiger partial charge in [-0.05, 0) is 6.08 Å². The predicted molar refractivity (Wildman–Crippen MR) is 37.1 cm³/mol. The minimum atomic E-state index is -0.596. The molecular weight excluding hydrogens is 146 g/mol. The second-order valence-corrected chi connectivity index (χ2v) is 2.06. The second kappa shape index (κ2) is 3.25. The van der Waals surface area contributed by atoms with Crippen LogP contribution in [0.5, 0.6) is 0 Å². The number of rotatable bonds is 3. The molecule has 0 aromatic heterocycles. The fourth-order valence-corrected chi connectivity index (χ4v) is 0.691. The summed E-state index contributed by atoms with van der Waals surface area (Å²) < 4.78 is 0. The van der Waals surface area contributed by atoms with Gasteiger partial charge in [0.1, 0.15) is 0 Å². The molecule has 1 amide bonds. The number of hydrogen-bond donors (Lipinski definition) is 2. The van der Waals surface area contributed by atoms with Gasteiger partial charge in [0.25, 0.3) is 5.91 Å². The topological polar surface area (TPSA) is 88.0 Å². The Labute approximate surface area is 63.6 Å². The van der Waals surface area contributed by atoms with E-state index in [0.29, 0.717) is 12.1 Å². The molecule has 1 rings (SSSR count). The molecule has 0 spiro atoms. The van der Waals surface area contributed by atoms with Crippen LogP contribution in [0.1, 0.15) is 6.42 Å². The highest BCUT2D eigenvalue weighted by molar-refractivity contribution is 5.91. The number of carbonyl (C=O) groups is 1. The Morgan fingerprint density at radius 3 is 2.82 bits per heavy atom. The molecule has 59 valence electrons. The van der Waals surface area contributed by atoms with E-state index < -0.39 is 5.91 Å². The van der Waals surface area contributed by atoms with Crippen molar-refractivity contribution in [3.63, 3.8) is 0 Å². The summed E-state index contributed by atoms with van der Waals surface area (Å²) in [6.07, 6.45) is 1.87. The average molecular weight is 154 g/mol. The maximum atomic E-state index is 10.5. The third-order valence-electron chi connectivity index (χ3n) is 1.21. The molecule has 3 N–H and O–H groups in total. The van der Waals surface area contributed by atoms with Gasteiger partial charge in [-0.2, -0.15) is 10.2 Å². The maximum Gasteiger partial charge on any atom is 0.254 e. The van der Waals surface area contributed by atoms with E-state index in [2.05, 4.69) is 10.2 Å². The van der Waals surface area contributed by atoms with Gasteiger partial charge in [0.15, 0.2) is 0 Å². The van der Waals surface area contributed by atoms with Crippen LogP contribution in [-0.2, 0) is 4.79 Å². The van der Waals surface area contributed by atoms with E-state index in [9.17, 15) is 4.79 Å². The summed E-state index contributed by atoms with van der Waals surface area (Å²) in [5.41, 5.74) is 5.50. The molecule has 0 aromatic rings. The molecule has 0 aromatic carbocycles. The number of azo groups is 1. The Bertz CT molecular complexity index is 222. The zero-order valence-corrected chi connectivity index (χ0v) is 5.82. The van der Waals surface area contributed by atoms with E-state index in [1.54, 1.807) is 0 Å². The molecule has 1 aliphatic heterocycles. The zero-order chi connectivity index (χ0) is 8.27. The normalized spacial score (nSPS) is 17.0. The largest absolute Gasteiger partial charge is 0.396 e. The number of amides is 1. The molecule has 0 unspecified atom stereocenters. The molecule has 0 saturated heterocycles. The lowest BCUT2D eigenvalue weighted by Crippen LogP contribution is -2.16. The molecule has 1 radical (unpaired) electrons. The minimum Gasteiger partial charge on any atom is -0.396 e. The number of carbonyl (C=O) groups excluding carboxylic acids is 1. The van der Waals surface area contributed by atoms with Crippen LogP contribution in [0.3, 0.4) is 0 Å². The van der Waals surface area contributed by atoms with Crippen molar-refractivity contribution in [3.8, 4) is 0 Å². The number of hydrogen-bond acceptors (Lipinski definition) is 4. The quantitative estimate of drug-likeness (QED) is 0.586. The standard InChI is InChI=1S/C6H8N3O2/c7-6(11)5-3-4(1-2-10)8-9-5/h3,10H,1-2H2,(H2,7,11). The van der Waals surface area contributed by atoms with Crippen molar-refractivity contribution in [2.24, 2.45) is 16.0 Å². The number of primary amides is 1. The van der Waals surface area contributed by atoms with Crippen LogP contribution in [0.25, 0.3) is 0 Å². The van der Waals surface area contributed by atoms with Crippen LogP contribution in [0.15, 0.2) is 22.0 Å². The summed E-state index contributed by atoms with van der Waals surface area (Å²) >= 11 is 0. The SMILES string of the molecule is NC(=O)[C]1C=C(CCO)N=N1. The van der Waals surface area contributed by atoms with E-state index >= 15 is 0 Å². The van der Waals surface area contributed by atoms with Gasteiger partial charge in [-0.15, -0.1) is 0 Å². The molecule has 0 aliphatic carbocycles. The van der Waals surface area contributed by atoms with E-state index in [4.69, 9.17) is 10.8 Å². The number of aliphatic hydroxyl groups excluding tert-OH is 1. The molecule has 0 saturated carbocycles. The van der Waals surface area contributed by atoms with Crippen molar-refractivity contribution in [2.45, 2.75) is 6.42 Å². The summed E-state index contributed by atoms with van der Waals surface area (Å²) in [4.78, 5) is 10.5. The van der Waals surface area contributed by atoms with Crippen molar-refractivity contribution < 1.29 is 9.90 Å². The van der Waals surface area contributed by atoms with Gasteiger partial charge in [-0.3, -0.25) is 4.79 Å². The summed E-state index contributed by atoms with van der Waals surface area (Å²) in [6, 6.07) is 0.147. The fraction of sp³-hybridized carbons (Fsp3) is 0.333. The summed E-state index contributed by atoms with van der Waals surface area (Å²) in [5, 5.41) is 15.6. The Morgan fingerprint density at radius 2 is 2.36 bits per heavy atom. The summed E-state index contributed by atoms with van der Waals surface area (Å²) in [7, 11) is 0. The summed E-state index contributed by atoms with van der Waals surface area (Å²) in [6.45, 7) is -0.00308. The van der Waals surface area contributed by atoms with E-state index in [0.717, 1.165) is 0 Å². The van der Waals surface area contributed by atoms with Crippen LogP contribution in [0.2, 0.25) is 0 Å². The van der Waals surface area contributed by atoms with Gasteiger partial charge in [0, 0.05) is 13.0 Å². The zero-order valence-electron chi connectivity index (χ0n) is 5.82. The van der Waals surface area contributed by atoms with Gasteiger partial charge in [-0.25, -0.2) is 0 Å². The van der Waals surface area contributed by atoms with E-state index in [-0.39, 0.29) is 12.6 Å². The van der Waals surface area contributed by atoms with Crippen LogP contribution >= 0.6 is 0 Å². The number of nitrogens with zero attached hydrogens (tertiary/aromatic N) is 2. The Hall–Kier alpha value is -1.23. The third kappa shape index (κ3) is 1.84. The van der Waals surface area contributed by atoms with Crippen molar-refractivity contribution in [2.75, 3.05) is 6.61 Å². The van der Waals surface area contributed by atoms with Crippen LogP contribution < -0.4 is 5.73 Å². The Balaban J connectivity index is 2.56. The predicted octanol–water partition coefficient (Wildman–Crippen LogP) is -0.264. The van der Waals surface area contributed by atoms with Gasteiger partial charge < -0.3 is 10.8 Å². The maximum absolute atomic E-state index is 10.5. The first-order valence-electron chi connectivity index (χ1n) is 3.14. The van der Waals surface area contributed by atoms with Gasteiger partial charge in [0.2, 0.25) is 6.04 Å². The minimum absolute atomic E-state index is 0.00308. The Kier molecular flexibility index (Phi) is 2.32. The van der Waals surface area contributed by atoms with Crippen molar-refractivity contribution in [3.05, 3.63) is 17.8 Å². The lowest BCUT2D eigenvalue weighted by atomic mass is 10.2. The lowest BCUT2D eigenvalue weighted by Gasteiger charge is -1.90. The van der Waals surface area contributed by atoms with Crippen molar-refractivity contribution in [1.82, 2.24) is 0 Å². The van der Waals surface area contributed by atoms with Crippen LogP contribution in [-0.4, -0.2) is 17.6 Å². The van der Waals surface area contributed by atoms with E-state index in [1.165, 1.54) is 6.08 Å². The molecule has 1 heterocycles. The third-order valence-corrected chi connectivity index (χ3v) is 1.21. The monoisotopic (exact) mass is 154 g/mol. The lowest BCUT2D eigenvalue weighted by molar-refractivity contribution is -0.115. The molecule has 0 atom stereocenters. The van der Waals surface area contributed by atoms with E-state index in [1.807, 2.05) is 0 Å². The van der Waals surface area contributed by atoms with Gasteiger partial charge in [-0.1, -0.05) is 0 Å². The molecule has 11 heavy (non-hydrogen) atoms. The molecule has 0 bridgehead atoms. The van der Waals surface area contributed by atoms with Crippen LogP contribution in [0, 0.1) is 6.04 Å². The van der Waals surface area contributed by atoms with Gasteiger partial charge in [0.05, 0.1) is 5.70 Å². The van der Waals surface area contributed by atoms with Crippen LogP contribution in [0.4, 0.5) is 0 Å². The molecule has 5 nitrogen and oxygen atoms in total. The number of aliphatic hydroxyl groups is 1. The highest BCUT2D eigenvalue weighted by atomic mass is 16.3. The second-order valence-electron chi connectivity index (χ2n) is 2.06. The molecule has 5 heteroatoms. The molecule has 1 aliphatic rings. The summed E-state index contributed by atoms with van der Waals surface area (Å²) in [5.74, 6) is -0.596. The highest BCUT2D eigenvalue weighted by Crippen LogP contribution is 2.19. The smallest absolute Gasteiger partial charge is 0.254 e. The number of nitrogens with two attached hydrogens (primary N) is 1. The Morgan fingerprint density at radius 1 is 1.64 bits per heavy atom.